The molecular formula is C13H25N3O. The third kappa shape index (κ3) is 4.88. The van der Waals surface area contributed by atoms with Crippen LogP contribution in [0.15, 0.2) is 12.4 Å². The highest BCUT2D eigenvalue weighted by Gasteiger charge is 2.14. The Labute approximate surface area is 104 Å². The van der Waals surface area contributed by atoms with Crippen LogP contribution in [0, 0.1) is 0 Å². The Morgan fingerprint density at radius 3 is 2.76 bits per heavy atom. The highest BCUT2D eigenvalue weighted by Crippen LogP contribution is 2.14. The predicted octanol–water partition coefficient (Wildman–Crippen LogP) is 2.28. The number of hydrogen-bond donors (Lipinski definition) is 1. The van der Waals surface area contributed by atoms with Gasteiger partial charge in [0.1, 0.15) is 5.82 Å². The quantitative estimate of drug-likeness (QED) is 0.672. The van der Waals surface area contributed by atoms with Gasteiger partial charge < -0.3 is 14.6 Å². The Kier molecular flexibility index (Phi) is 6.89. The summed E-state index contributed by atoms with van der Waals surface area (Å²) in [4.78, 5) is 4.41. The summed E-state index contributed by atoms with van der Waals surface area (Å²) in [6, 6.07) is 0.298. The van der Waals surface area contributed by atoms with E-state index in [1.165, 1.54) is 0 Å². The summed E-state index contributed by atoms with van der Waals surface area (Å²) in [5.74, 6) is 1.10. The number of ether oxygens (including phenoxy) is 1. The Bertz CT molecular complexity index is 299. The number of aryl methyl sites for hydroxylation is 1. The molecule has 4 heteroatoms. The molecule has 0 radical (unpaired) electrons. The fraction of sp³-hybridized carbons (Fsp3) is 0.769. The van der Waals surface area contributed by atoms with Crippen LogP contribution in [-0.4, -0.2) is 29.3 Å². The van der Waals surface area contributed by atoms with Crippen LogP contribution in [-0.2, 0) is 11.8 Å². The van der Waals surface area contributed by atoms with Crippen molar-refractivity contribution in [2.24, 2.45) is 7.05 Å². The third-order valence-electron chi connectivity index (χ3n) is 2.71. The van der Waals surface area contributed by atoms with E-state index in [4.69, 9.17) is 4.74 Å². The molecular weight excluding hydrogens is 214 g/mol. The van der Waals surface area contributed by atoms with Crippen molar-refractivity contribution in [2.45, 2.75) is 39.2 Å². The van der Waals surface area contributed by atoms with Crippen LogP contribution in [0.3, 0.4) is 0 Å². The molecule has 1 heterocycles. The van der Waals surface area contributed by atoms with Gasteiger partial charge in [0.15, 0.2) is 0 Å². The zero-order valence-corrected chi connectivity index (χ0v) is 11.3. The second-order valence-electron chi connectivity index (χ2n) is 4.30. The second-order valence-corrected chi connectivity index (χ2v) is 4.30. The lowest BCUT2D eigenvalue weighted by Crippen LogP contribution is -2.26. The summed E-state index contributed by atoms with van der Waals surface area (Å²) in [5.41, 5.74) is 0. The average molecular weight is 239 g/mol. The smallest absolute Gasteiger partial charge is 0.125 e. The monoisotopic (exact) mass is 239 g/mol. The van der Waals surface area contributed by atoms with E-state index >= 15 is 0 Å². The molecule has 0 bridgehead atoms. The van der Waals surface area contributed by atoms with Gasteiger partial charge in [-0.15, -0.1) is 0 Å². The van der Waals surface area contributed by atoms with E-state index in [0.29, 0.717) is 6.04 Å². The standard InChI is InChI=1S/C13H25N3O/c1-4-7-14-12(6-11-17-10-5-2)13-15-8-9-16(13)3/h8-9,12,14H,4-7,10-11H2,1-3H3. The maximum absolute atomic E-state index is 5.55. The summed E-state index contributed by atoms with van der Waals surface area (Å²) in [6.07, 6.45) is 7.03. The highest BCUT2D eigenvalue weighted by atomic mass is 16.5. The molecule has 0 amide bonds. The maximum Gasteiger partial charge on any atom is 0.125 e. The third-order valence-corrected chi connectivity index (χ3v) is 2.71. The number of nitrogens with zero attached hydrogens (tertiary/aromatic N) is 2. The van der Waals surface area contributed by atoms with E-state index in [2.05, 4.69) is 28.7 Å². The first-order valence-electron chi connectivity index (χ1n) is 6.57. The van der Waals surface area contributed by atoms with Gasteiger partial charge in [0.2, 0.25) is 0 Å². The van der Waals surface area contributed by atoms with Crippen LogP contribution in [0.5, 0.6) is 0 Å². The SMILES string of the molecule is CCCNC(CCOCCC)c1nccn1C. The Morgan fingerprint density at radius 1 is 1.35 bits per heavy atom. The number of nitrogens with one attached hydrogen (secondary N) is 1. The Morgan fingerprint density at radius 2 is 2.18 bits per heavy atom. The van der Waals surface area contributed by atoms with Crippen LogP contribution in [0.25, 0.3) is 0 Å². The summed E-state index contributed by atoms with van der Waals surface area (Å²) in [5, 5.41) is 3.53. The molecule has 98 valence electrons. The fourth-order valence-electron chi connectivity index (χ4n) is 1.80. The molecule has 1 unspecified atom stereocenters. The average Bonchev–Trinajstić information content (AvgIpc) is 2.75. The molecule has 1 aromatic heterocycles. The number of aromatic nitrogens is 2. The van der Waals surface area contributed by atoms with Crippen molar-refractivity contribution in [1.29, 1.82) is 0 Å². The van der Waals surface area contributed by atoms with Crippen LogP contribution >= 0.6 is 0 Å². The zero-order valence-electron chi connectivity index (χ0n) is 11.3. The number of hydrogen-bond acceptors (Lipinski definition) is 3. The molecule has 0 fully saturated rings. The largest absolute Gasteiger partial charge is 0.381 e. The lowest BCUT2D eigenvalue weighted by atomic mass is 10.2. The van der Waals surface area contributed by atoms with Crippen molar-refractivity contribution >= 4 is 0 Å². The van der Waals surface area contributed by atoms with E-state index in [-0.39, 0.29) is 0 Å². The normalized spacial score (nSPS) is 12.9. The topological polar surface area (TPSA) is 39.1 Å². The molecule has 0 aliphatic heterocycles. The van der Waals surface area contributed by atoms with Gasteiger partial charge in [0, 0.05) is 32.7 Å². The van der Waals surface area contributed by atoms with Crippen molar-refractivity contribution in [1.82, 2.24) is 14.9 Å². The maximum atomic E-state index is 5.55. The van der Waals surface area contributed by atoms with Gasteiger partial charge in [0.05, 0.1) is 6.04 Å². The molecule has 0 saturated carbocycles. The van der Waals surface area contributed by atoms with E-state index in [9.17, 15) is 0 Å². The summed E-state index contributed by atoms with van der Waals surface area (Å²) in [7, 11) is 2.04. The lowest BCUT2D eigenvalue weighted by molar-refractivity contribution is 0.123. The van der Waals surface area contributed by atoms with Crippen LogP contribution < -0.4 is 5.32 Å². The summed E-state index contributed by atoms with van der Waals surface area (Å²) < 4.78 is 7.63. The van der Waals surface area contributed by atoms with E-state index in [0.717, 1.165) is 44.8 Å². The molecule has 0 aromatic carbocycles. The minimum atomic E-state index is 0.298. The van der Waals surface area contributed by atoms with Crippen LogP contribution in [0.1, 0.15) is 45.0 Å². The molecule has 0 saturated heterocycles. The van der Waals surface area contributed by atoms with Gasteiger partial charge in [-0.2, -0.15) is 0 Å². The molecule has 1 atom stereocenters. The molecule has 1 rings (SSSR count). The van der Waals surface area contributed by atoms with Crippen molar-refractivity contribution in [3.05, 3.63) is 18.2 Å². The number of imidazole rings is 1. The van der Waals surface area contributed by atoms with Gasteiger partial charge in [-0.3, -0.25) is 0 Å². The first-order valence-corrected chi connectivity index (χ1v) is 6.57. The Hall–Kier alpha value is -0.870. The van der Waals surface area contributed by atoms with Gasteiger partial charge >= 0.3 is 0 Å². The molecule has 0 aliphatic rings. The van der Waals surface area contributed by atoms with Gasteiger partial charge in [-0.1, -0.05) is 13.8 Å². The van der Waals surface area contributed by atoms with Gasteiger partial charge in [0.25, 0.3) is 0 Å². The molecule has 0 spiro atoms. The van der Waals surface area contributed by atoms with Crippen LogP contribution in [0.4, 0.5) is 0 Å². The lowest BCUT2D eigenvalue weighted by Gasteiger charge is -2.18. The van der Waals surface area contributed by atoms with Crippen LogP contribution in [0.2, 0.25) is 0 Å². The van der Waals surface area contributed by atoms with E-state index in [1.807, 2.05) is 19.4 Å². The van der Waals surface area contributed by atoms with Crippen molar-refractivity contribution in [3.8, 4) is 0 Å². The second kappa shape index (κ2) is 8.25. The summed E-state index contributed by atoms with van der Waals surface area (Å²) >= 11 is 0. The van der Waals surface area contributed by atoms with Gasteiger partial charge in [-0.25, -0.2) is 4.98 Å². The minimum Gasteiger partial charge on any atom is -0.381 e. The molecule has 17 heavy (non-hydrogen) atoms. The first kappa shape index (κ1) is 14.2. The van der Waals surface area contributed by atoms with E-state index in [1.54, 1.807) is 0 Å². The Balaban J connectivity index is 2.46. The first-order chi connectivity index (χ1) is 8.29. The van der Waals surface area contributed by atoms with E-state index < -0.39 is 0 Å². The van der Waals surface area contributed by atoms with Crippen molar-refractivity contribution in [3.63, 3.8) is 0 Å². The molecule has 4 nitrogen and oxygen atoms in total. The summed E-state index contributed by atoms with van der Waals surface area (Å²) in [6.45, 7) is 6.97. The minimum absolute atomic E-state index is 0.298. The van der Waals surface area contributed by atoms with Crippen molar-refractivity contribution < 1.29 is 4.74 Å². The highest BCUT2D eigenvalue weighted by molar-refractivity contribution is 4.98. The number of rotatable bonds is 9. The molecule has 0 aliphatic carbocycles. The zero-order chi connectivity index (χ0) is 12.5. The van der Waals surface area contributed by atoms with Crippen molar-refractivity contribution in [2.75, 3.05) is 19.8 Å². The fourth-order valence-corrected chi connectivity index (χ4v) is 1.80. The molecule has 1 N–H and O–H groups in total. The predicted molar refractivity (Wildman–Crippen MR) is 70.0 cm³/mol. The molecule has 1 aromatic rings. The van der Waals surface area contributed by atoms with Gasteiger partial charge in [-0.05, 0) is 25.8 Å².